The Morgan fingerprint density at radius 3 is 2.48 bits per heavy atom. The molecule has 120 valence electrons. The van der Waals surface area contributed by atoms with Gasteiger partial charge in [-0.1, -0.05) is 44.0 Å². The number of benzene rings is 1. The number of hydrogen-bond donors (Lipinski definition) is 1. The van der Waals surface area contributed by atoms with Crippen LogP contribution in [0.3, 0.4) is 0 Å². The molecule has 0 amide bonds. The lowest BCUT2D eigenvalue weighted by molar-refractivity contribution is 0.221. The molecule has 0 unspecified atom stereocenters. The van der Waals surface area contributed by atoms with Gasteiger partial charge in [-0.25, -0.2) is 0 Å². The van der Waals surface area contributed by atoms with E-state index in [9.17, 15) is 0 Å². The van der Waals surface area contributed by atoms with E-state index in [4.69, 9.17) is 27.9 Å². The molecule has 0 saturated heterocycles. The van der Waals surface area contributed by atoms with Crippen LogP contribution < -0.4 is 10.1 Å². The molecule has 0 aliphatic carbocycles. The van der Waals surface area contributed by atoms with Crippen LogP contribution in [0.2, 0.25) is 10.0 Å². The second kappa shape index (κ2) is 10.3. The van der Waals surface area contributed by atoms with Gasteiger partial charge in [0.2, 0.25) is 0 Å². The summed E-state index contributed by atoms with van der Waals surface area (Å²) in [5, 5.41) is 4.58. The van der Waals surface area contributed by atoms with E-state index >= 15 is 0 Å². The summed E-state index contributed by atoms with van der Waals surface area (Å²) in [6.07, 6.45) is 1.09. The van der Waals surface area contributed by atoms with Gasteiger partial charge < -0.3 is 15.0 Å². The van der Waals surface area contributed by atoms with Crippen LogP contribution in [0.25, 0.3) is 0 Å². The average molecular weight is 333 g/mol. The summed E-state index contributed by atoms with van der Waals surface area (Å²) in [5.74, 6) is 0.747. The first-order valence-electron chi connectivity index (χ1n) is 7.66. The van der Waals surface area contributed by atoms with E-state index in [1.165, 1.54) is 0 Å². The van der Waals surface area contributed by atoms with E-state index in [2.05, 4.69) is 31.0 Å². The van der Waals surface area contributed by atoms with Crippen molar-refractivity contribution in [3.63, 3.8) is 0 Å². The molecule has 3 nitrogen and oxygen atoms in total. The van der Waals surface area contributed by atoms with E-state index in [1.54, 1.807) is 6.07 Å². The van der Waals surface area contributed by atoms with Crippen molar-refractivity contribution < 1.29 is 4.74 Å². The molecule has 0 fully saturated rings. The van der Waals surface area contributed by atoms with Gasteiger partial charge in [-0.05, 0) is 38.2 Å². The summed E-state index contributed by atoms with van der Waals surface area (Å²) in [4.78, 5) is 2.32. The van der Waals surface area contributed by atoms with Crippen LogP contribution in [-0.4, -0.2) is 37.7 Å². The van der Waals surface area contributed by atoms with Gasteiger partial charge in [-0.2, -0.15) is 0 Å². The Kier molecular flexibility index (Phi) is 9.09. The molecule has 1 rings (SSSR count). The highest BCUT2D eigenvalue weighted by atomic mass is 35.5. The topological polar surface area (TPSA) is 24.5 Å². The Bertz CT molecular complexity index is 423. The zero-order chi connectivity index (χ0) is 15.7. The quantitative estimate of drug-likeness (QED) is 0.649. The first kappa shape index (κ1) is 18.6. The first-order valence-corrected chi connectivity index (χ1v) is 8.41. The zero-order valence-electron chi connectivity index (χ0n) is 13.2. The minimum atomic E-state index is 0.579. The third-order valence-corrected chi connectivity index (χ3v) is 3.87. The summed E-state index contributed by atoms with van der Waals surface area (Å²) in [6.45, 7) is 11.7. The van der Waals surface area contributed by atoms with E-state index < -0.39 is 0 Å². The summed E-state index contributed by atoms with van der Waals surface area (Å²) in [6, 6.07) is 3.65. The lowest BCUT2D eigenvalue weighted by Crippen LogP contribution is -2.28. The lowest BCUT2D eigenvalue weighted by atomic mass is 10.2. The van der Waals surface area contributed by atoms with Crippen molar-refractivity contribution in [2.75, 3.05) is 32.8 Å². The Morgan fingerprint density at radius 2 is 1.86 bits per heavy atom. The predicted molar refractivity (Wildman–Crippen MR) is 91.7 cm³/mol. The van der Waals surface area contributed by atoms with Crippen LogP contribution >= 0.6 is 23.2 Å². The van der Waals surface area contributed by atoms with Gasteiger partial charge in [0.25, 0.3) is 0 Å². The average Bonchev–Trinajstić information content (AvgIpc) is 2.46. The largest absolute Gasteiger partial charge is 0.490 e. The lowest BCUT2D eigenvalue weighted by Gasteiger charge is -2.20. The number of likely N-dealkylation sites (N-methyl/N-ethyl adjacent to an activating group) is 1. The monoisotopic (exact) mass is 332 g/mol. The van der Waals surface area contributed by atoms with Gasteiger partial charge in [0.1, 0.15) is 12.4 Å². The molecule has 0 aromatic heterocycles. The molecule has 5 heteroatoms. The molecular weight excluding hydrogens is 307 g/mol. The molecule has 0 saturated carbocycles. The van der Waals surface area contributed by atoms with Crippen molar-refractivity contribution in [2.24, 2.45) is 0 Å². The molecular formula is C16H26Cl2N2O. The number of nitrogens with zero attached hydrogens (tertiary/aromatic N) is 1. The van der Waals surface area contributed by atoms with Gasteiger partial charge in [-0.3, -0.25) is 0 Å². The van der Waals surface area contributed by atoms with Gasteiger partial charge in [-0.15, -0.1) is 0 Å². The third kappa shape index (κ3) is 6.43. The number of hydrogen-bond acceptors (Lipinski definition) is 3. The molecule has 0 aliphatic rings. The van der Waals surface area contributed by atoms with Gasteiger partial charge in [0, 0.05) is 23.7 Å². The minimum Gasteiger partial charge on any atom is -0.490 e. The second-order valence-electron chi connectivity index (χ2n) is 4.93. The van der Waals surface area contributed by atoms with Crippen LogP contribution in [0, 0.1) is 0 Å². The molecule has 0 heterocycles. The van der Waals surface area contributed by atoms with E-state index in [-0.39, 0.29) is 0 Å². The van der Waals surface area contributed by atoms with Crippen molar-refractivity contribution in [3.05, 3.63) is 27.7 Å². The predicted octanol–water partition coefficient (Wildman–Crippen LogP) is 4.21. The van der Waals surface area contributed by atoms with Crippen LogP contribution in [0.1, 0.15) is 32.8 Å². The number of halogens is 2. The number of rotatable bonds is 10. The zero-order valence-corrected chi connectivity index (χ0v) is 14.7. The fourth-order valence-corrected chi connectivity index (χ4v) is 2.71. The van der Waals surface area contributed by atoms with Gasteiger partial charge >= 0.3 is 0 Å². The highest BCUT2D eigenvalue weighted by molar-refractivity contribution is 6.35. The molecule has 0 radical (unpaired) electrons. The normalized spacial score (nSPS) is 11.1. The summed E-state index contributed by atoms with van der Waals surface area (Å²) < 4.78 is 5.92. The fraction of sp³-hybridized carbons (Fsp3) is 0.625. The van der Waals surface area contributed by atoms with Crippen LogP contribution in [0.4, 0.5) is 0 Å². The maximum atomic E-state index is 6.28. The molecule has 21 heavy (non-hydrogen) atoms. The molecule has 1 N–H and O–H groups in total. The van der Waals surface area contributed by atoms with Crippen molar-refractivity contribution in [1.82, 2.24) is 10.2 Å². The number of ether oxygens (including phenoxy) is 1. The molecule has 1 aromatic rings. The van der Waals surface area contributed by atoms with Crippen molar-refractivity contribution in [3.8, 4) is 5.75 Å². The van der Waals surface area contributed by atoms with Crippen molar-refractivity contribution in [1.29, 1.82) is 0 Å². The Hall–Kier alpha value is -0.480. The van der Waals surface area contributed by atoms with Crippen LogP contribution in [0.15, 0.2) is 12.1 Å². The molecule has 0 bridgehead atoms. The number of nitrogens with one attached hydrogen (secondary N) is 1. The van der Waals surface area contributed by atoms with Crippen molar-refractivity contribution >= 4 is 23.2 Å². The smallest absolute Gasteiger partial charge is 0.142 e. The molecule has 1 aromatic carbocycles. The Balaban J connectivity index is 2.69. The van der Waals surface area contributed by atoms with Gasteiger partial charge in [0.05, 0.1) is 5.02 Å². The van der Waals surface area contributed by atoms with E-state index in [1.807, 2.05) is 6.07 Å². The fourth-order valence-electron chi connectivity index (χ4n) is 2.12. The summed E-state index contributed by atoms with van der Waals surface area (Å²) >= 11 is 12.4. The molecule has 0 spiro atoms. The Labute approximate surface area is 138 Å². The SMILES string of the molecule is CCCNCc1cc(Cl)cc(Cl)c1OCCN(CC)CC. The second-order valence-corrected chi connectivity index (χ2v) is 5.77. The highest BCUT2D eigenvalue weighted by Gasteiger charge is 2.11. The van der Waals surface area contributed by atoms with Crippen molar-refractivity contribution in [2.45, 2.75) is 33.7 Å². The molecule has 0 atom stereocenters. The highest BCUT2D eigenvalue weighted by Crippen LogP contribution is 2.32. The maximum Gasteiger partial charge on any atom is 0.142 e. The standard InChI is InChI=1S/C16H26Cl2N2O/c1-4-7-19-12-13-10-14(17)11-15(18)16(13)21-9-8-20(5-2)6-3/h10-11,19H,4-9,12H2,1-3H3. The summed E-state index contributed by atoms with van der Waals surface area (Å²) in [5.41, 5.74) is 1.01. The summed E-state index contributed by atoms with van der Waals surface area (Å²) in [7, 11) is 0. The van der Waals surface area contributed by atoms with Gasteiger partial charge in [0.15, 0.2) is 0 Å². The van der Waals surface area contributed by atoms with Crippen LogP contribution in [0.5, 0.6) is 5.75 Å². The first-order chi connectivity index (χ1) is 10.1. The Morgan fingerprint density at radius 1 is 1.14 bits per heavy atom. The third-order valence-electron chi connectivity index (χ3n) is 3.38. The van der Waals surface area contributed by atoms with Crippen LogP contribution in [-0.2, 0) is 6.54 Å². The van der Waals surface area contributed by atoms with E-state index in [0.29, 0.717) is 23.2 Å². The van der Waals surface area contributed by atoms with E-state index in [0.717, 1.165) is 43.9 Å². The minimum absolute atomic E-state index is 0.579. The maximum absolute atomic E-state index is 6.28. The molecule has 0 aliphatic heterocycles.